The molecule has 0 aromatic heterocycles. The molecule has 2 rings (SSSR count). The Labute approximate surface area is 155 Å². The Morgan fingerprint density at radius 2 is 1.84 bits per heavy atom. The van der Waals surface area contributed by atoms with Gasteiger partial charge in [-0.25, -0.2) is 4.79 Å². The summed E-state index contributed by atoms with van der Waals surface area (Å²) in [6.45, 7) is 2.96. The lowest BCUT2D eigenvalue weighted by molar-refractivity contribution is 0.0698. The van der Waals surface area contributed by atoms with Crippen LogP contribution >= 0.6 is 15.9 Å². The Morgan fingerprint density at radius 3 is 2.44 bits per heavy atom. The highest BCUT2D eigenvalue weighted by Crippen LogP contribution is 2.24. The highest BCUT2D eigenvalue weighted by atomic mass is 79.9. The maximum Gasteiger partial charge on any atom is 0.337 e. The van der Waals surface area contributed by atoms with E-state index in [1.54, 1.807) is 36.4 Å². The first-order chi connectivity index (χ1) is 11.9. The van der Waals surface area contributed by atoms with Crippen LogP contribution in [0, 0.1) is 0 Å². The third kappa shape index (κ3) is 5.06. The van der Waals surface area contributed by atoms with Gasteiger partial charge in [0, 0.05) is 29.3 Å². The van der Waals surface area contributed by atoms with Gasteiger partial charge in [0.2, 0.25) is 0 Å². The molecule has 5 nitrogen and oxygen atoms in total. The van der Waals surface area contributed by atoms with E-state index in [9.17, 15) is 14.7 Å². The minimum absolute atomic E-state index is 0.0753. The summed E-state index contributed by atoms with van der Waals surface area (Å²) in [5, 5.41) is 12.2. The molecule has 0 saturated carbocycles. The number of hydrogen-bond donors (Lipinski definition) is 2. The fraction of sp³-hybridized carbons (Fsp3) is 0.263. The summed E-state index contributed by atoms with van der Waals surface area (Å²) < 4.78 is 0.870. The summed E-state index contributed by atoms with van der Waals surface area (Å²) in [6, 6.07) is 11.9. The highest BCUT2D eigenvalue weighted by molar-refractivity contribution is 9.10. The Bertz CT molecular complexity index is 760. The maximum absolute atomic E-state index is 12.3. The van der Waals surface area contributed by atoms with E-state index in [4.69, 9.17) is 0 Å². The van der Waals surface area contributed by atoms with Gasteiger partial charge in [-0.1, -0.05) is 29.3 Å². The van der Waals surface area contributed by atoms with Crippen LogP contribution in [0.3, 0.4) is 0 Å². The number of rotatable bonds is 7. The van der Waals surface area contributed by atoms with Gasteiger partial charge in [0.05, 0.1) is 11.3 Å². The lowest BCUT2D eigenvalue weighted by atomic mass is 10.1. The van der Waals surface area contributed by atoms with Gasteiger partial charge in [-0.15, -0.1) is 0 Å². The molecule has 6 heteroatoms. The molecule has 2 aromatic rings. The number of aromatic carboxylic acids is 1. The van der Waals surface area contributed by atoms with E-state index < -0.39 is 5.97 Å². The second kappa shape index (κ2) is 8.67. The van der Waals surface area contributed by atoms with E-state index in [0.717, 1.165) is 29.5 Å². The summed E-state index contributed by atoms with van der Waals surface area (Å²) in [7, 11) is 1.93. The molecule has 0 fully saturated rings. The van der Waals surface area contributed by atoms with Crippen molar-refractivity contribution in [1.82, 2.24) is 0 Å². The number of carbonyl (C=O) groups excluding carboxylic acids is 1. The van der Waals surface area contributed by atoms with Crippen LogP contribution in [-0.2, 0) is 0 Å². The van der Waals surface area contributed by atoms with Gasteiger partial charge in [0.15, 0.2) is 0 Å². The first kappa shape index (κ1) is 19.0. The van der Waals surface area contributed by atoms with E-state index >= 15 is 0 Å². The summed E-state index contributed by atoms with van der Waals surface area (Å²) >= 11 is 3.32. The molecular weight excluding hydrogens is 384 g/mol. The van der Waals surface area contributed by atoms with Crippen molar-refractivity contribution < 1.29 is 14.7 Å². The van der Waals surface area contributed by atoms with Crippen LogP contribution in [0.15, 0.2) is 46.9 Å². The fourth-order valence-electron chi connectivity index (χ4n) is 2.38. The predicted molar refractivity (Wildman–Crippen MR) is 104 cm³/mol. The second-order valence-electron chi connectivity index (χ2n) is 5.77. The van der Waals surface area contributed by atoms with Crippen molar-refractivity contribution in [3.8, 4) is 0 Å². The minimum Gasteiger partial charge on any atom is -0.478 e. The van der Waals surface area contributed by atoms with E-state index in [1.807, 2.05) is 18.0 Å². The summed E-state index contributed by atoms with van der Waals surface area (Å²) in [6.07, 6.45) is 2.10. The van der Waals surface area contributed by atoms with Crippen LogP contribution in [-0.4, -0.2) is 30.6 Å². The van der Waals surface area contributed by atoms with E-state index in [-0.39, 0.29) is 17.2 Å². The fourth-order valence-corrected chi connectivity index (χ4v) is 2.64. The van der Waals surface area contributed by atoms with Crippen molar-refractivity contribution in [2.24, 2.45) is 0 Å². The van der Waals surface area contributed by atoms with E-state index in [1.165, 1.54) is 0 Å². The van der Waals surface area contributed by atoms with Gasteiger partial charge >= 0.3 is 5.97 Å². The third-order valence-corrected chi connectivity index (χ3v) is 4.40. The van der Waals surface area contributed by atoms with E-state index in [2.05, 4.69) is 28.2 Å². The van der Waals surface area contributed by atoms with Crippen LogP contribution in [0.1, 0.15) is 40.5 Å². The zero-order valence-electron chi connectivity index (χ0n) is 14.3. The van der Waals surface area contributed by atoms with Crippen LogP contribution in [0.25, 0.3) is 0 Å². The number of nitrogens with one attached hydrogen (secondary N) is 1. The Kier molecular flexibility index (Phi) is 6.58. The van der Waals surface area contributed by atoms with Crippen LogP contribution < -0.4 is 10.2 Å². The van der Waals surface area contributed by atoms with Crippen molar-refractivity contribution in [2.45, 2.75) is 19.8 Å². The van der Waals surface area contributed by atoms with Gasteiger partial charge in [-0.05, 0) is 48.9 Å². The summed E-state index contributed by atoms with van der Waals surface area (Å²) in [5.74, 6) is -1.42. The Balaban J connectivity index is 2.23. The average Bonchev–Trinajstić information content (AvgIpc) is 2.60. The minimum atomic E-state index is -1.07. The van der Waals surface area contributed by atoms with Gasteiger partial charge in [-0.3, -0.25) is 4.79 Å². The molecule has 0 saturated heterocycles. The quantitative estimate of drug-likeness (QED) is 0.705. The van der Waals surface area contributed by atoms with Crippen molar-refractivity contribution in [3.05, 3.63) is 58.1 Å². The zero-order valence-corrected chi connectivity index (χ0v) is 15.8. The first-order valence-corrected chi connectivity index (χ1v) is 8.87. The standard InChI is InChI=1S/C19H21BrN2O3/c1-3-4-11-22(2)15-9-10-17(16(12-15)19(24)25)21-18(23)13-5-7-14(20)8-6-13/h5-10,12H,3-4,11H2,1-2H3,(H,21,23)(H,24,25). The Morgan fingerprint density at radius 1 is 1.16 bits per heavy atom. The largest absolute Gasteiger partial charge is 0.478 e. The third-order valence-electron chi connectivity index (χ3n) is 3.88. The maximum atomic E-state index is 12.3. The summed E-state index contributed by atoms with van der Waals surface area (Å²) in [4.78, 5) is 25.9. The molecule has 0 heterocycles. The van der Waals surface area contributed by atoms with Crippen LogP contribution in [0.4, 0.5) is 11.4 Å². The van der Waals surface area contributed by atoms with Crippen LogP contribution in [0.2, 0.25) is 0 Å². The molecule has 25 heavy (non-hydrogen) atoms. The smallest absolute Gasteiger partial charge is 0.337 e. The molecule has 0 aliphatic carbocycles. The lowest BCUT2D eigenvalue weighted by Gasteiger charge is -2.20. The number of benzene rings is 2. The SMILES string of the molecule is CCCCN(C)c1ccc(NC(=O)c2ccc(Br)cc2)c(C(=O)O)c1. The number of amides is 1. The number of nitrogens with zero attached hydrogens (tertiary/aromatic N) is 1. The van der Waals surface area contributed by atoms with E-state index in [0.29, 0.717) is 5.56 Å². The van der Waals surface area contributed by atoms with Crippen molar-refractivity contribution >= 4 is 39.2 Å². The molecule has 0 spiro atoms. The molecule has 0 bridgehead atoms. The van der Waals surface area contributed by atoms with Gasteiger partial charge in [-0.2, -0.15) is 0 Å². The monoisotopic (exact) mass is 404 g/mol. The normalized spacial score (nSPS) is 10.4. The lowest BCUT2D eigenvalue weighted by Crippen LogP contribution is -2.20. The van der Waals surface area contributed by atoms with Crippen molar-refractivity contribution in [3.63, 3.8) is 0 Å². The number of halogens is 1. The van der Waals surface area contributed by atoms with Crippen molar-refractivity contribution in [1.29, 1.82) is 0 Å². The molecule has 0 aliphatic heterocycles. The topological polar surface area (TPSA) is 69.6 Å². The van der Waals surface area contributed by atoms with Crippen molar-refractivity contribution in [2.75, 3.05) is 23.8 Å². The molecule has 0 unspecified atom stereocenters. The Hall–Kier alpha value is -2.34. The molecule has 132 valence electrons. The van der Waals surface area contributed by atoms with Gasteiger partial charge in [0.25, 0.3) is 5.91 Å². The number of carboxylic acid groups (broad SMARTS) is 1. The average molecular weight is 405 g/mol. The second-order valence-corrected chi connectivity index (χ2v) is 6.69. The number of carboxylic acids is 1. The number of anilines is 2. The number of carbonyl (C=O) groups is 2. The number of hydrogen-bond acceptors (Lipinski definition) is 3. The van der Waals surface area contributed by atoms with Gasteiger partial charge in [0.1, 0.15) is 0 Å². The molecule has 0 radical (unpaired) electrons. The van der Waals surface area contributed by atoms with Crippen LogP contribution in [0.5, 0.6) is 0 Å². The zero-order chi connectivity index (χ0) is 18.4. The molecule has 0 atom stereocenters. The molecular formula is C19H21BrN2O3. The molecule has 0 aliphatic rings. The molecule has 2 N–H and O–H groups in total. The molecule has 2 aromatic carbocycles. The number of unbranched alkanes of at least 4 members (excludes halogenated alkanes) is 1. The molecule has 1 amide bonds. The highest BCUT2D eigenvalue weighted by Gasteiger charge is 2.15. The van der Waals surface area contributed by atoms with Gasteiger partial charge < -0.3 is 15.3 Å². The summed E-state index contributed by atoms with van der Waals surface area (Å²) in [5.41, 5.74) is 1.63. The predicted octanol–water partition coefficient (Wildman–Crippen LogP) is 4.64. The first-order valence-electron chi connectivity index (χ1n) is 8.07.